The maximum Gasteiger partial charge on any atom is 0.405 e. The minimum Gasteiger partial charge on any atom is -0.494 e. The first kappa shape index (κ1) is 27.1. The summed E-state index contributed by atoms with van der Waals surface area (Å²) in [4.78, 5) is 16.5. The molecule has 1 amide bonds. The Morgan fingerprint density at radius 3 is 2.39 bits per heavy atom. The molecule has 3 aromatic rings. The van der Waals surface area contributed by atoms with Gasteiger partial charge in [-0.05, 0) is 61.0 Å². The molecule has 1 N–H and O–H groups in total. The van der Waals surface area contributed by atoms with Crippen molar-refractivity contribution in [2.45, 2.75) is 19.6 Å². The van der Waals surface area contributed by atoms with E-state index in [1.54, 1.807) is 24.3 Å². The van der Waals surface area contributed by atoms with Gasteiger partial charge in [0.15, 0.2) is 0 Å². The summed E-state index contributed by atoms with van der Waals surface area (Å²) in [5.74, 6) is 6.65. The van der Waals surface area contributed by atoms with Crippen LogP contribution in [0.4, 0.5) is 18.9 Å². The highest BCUT2D eigenvalue weighted by atomic mass is 19.4. The van der Waals surface area contributed by atoms with Crippen LogP contribution in [-0.4, -0.2) is 56.3 Å². The SMILES string of the molecule is CCOc1cccc(C#Cc2ccccc2CN2CCN(c3ccc(C(=O)NCC(F)(F)F)cc3)CC2)c1. The van der Waals surface area contributed by atoms with E-state index in [-0.39, 0.29) is 5.56 Å². The van der Waals surface area contributed by atoms with Gasteiger partial charge in [0.2, 0.25) is 0 Å². The van der Waals surface area contributed by atoms with E-state index in [1.165, 1.54) is 5.56 Å². The number of alkyl halides is 3. The highest BCUT2D eigenvalue weighted by molar-refractivity contribution is 5.94. The van der Waals surface area contributed by atoms with Gasteiger partial charge in [-0.3, -0.25) is 9.69 Å². The number of carbonyl (C=O) groups is 1. The largest absolute Gasteiger partial charge is 0.494 e. The fourth-order valence-electron chi connectivity index (χ4n) is 4.26. The van der Waals surface area contributed by atoms with Gasteiger partial charge in [-0.25, -0.2) is 0 Å². The molecule has 0 saturated carbocycles. The van der Waals surface area contributed by atoms with Gasteiger partial charge in [-0.2, -0.15) is 13.2 Å². The lowest BCUT2D eigenvalue weighted by Gasteiger charge is -2.36. The van der Waals surface area contributed by atoms with Crippen LogP contribution in [0.25, 0.3) is 0 Å². The second-order valence-corrected chi connectivity index (χ2v) is 8.98. The first-order chi connectivity index (χ1) is 18.3. The molecule has 38 heavy (non-hydrogen) atoms. The van der Waals surface area contributed by atoms with E-state index in [1.807, 2.05) is 54.7 Å². The normalized spacial score (nSPS) is 13.9. The molecule has 0 aliphatic carbocycles. The predicted molar refractivity (Wildman–Crippen MR) is 142 cm³/mol. The lowest BCUT2D eigenvalue weighted by molar-refractivity contribution is -0.123. The monoisotopic (exact) mass is 521 g/mol. The van der Waals surface area contributed by atoms with Gasteiger partial charge >= 0.3 is 6.18 Å². The van der Waals surface area contributed by atoms with Crippen LogP contribution in [-0.2, 0) is 6.54 Å². The number of hydrogen-bond donors (Lipinski definition) is 1. The Bertz CT molecular complexity index is 1290. The van der Waals surface area contributed by atoms with Gasteiger partial charge in [-0.1, -0.05) is 36.1 Å². The van der Waals surface area contributed by atoms with Crippen molar-refractivity contribution in [1.29, 1.82) is 0 Å². The maximum absolute atomic E-state index is 12.3. The summed E-state index contributed by atoms with van der Waals surface area (Å²) in [6.07, 6.45) is -4.43. The lowest BCUT2D eigenvalue weighted by atomic mass is 10.1. The zero-order valence-electron chi connectivity index (χ0n) is 21.2. The molecule has 1 fully saturated rings. The molecular weight excluding hydrogens is 491 g/mol. The van der Waals surface area contributed by atoms with Crippen LogP contribution in [0.1, 0.15) is 34.0 Å². The second-order valence-electron chi connectivity index (χ2n) is 8.98. The van der Waals surface area contributed by atoms with Crippen molar-refractivity contribution < 1.29 is 22.7 Å². The molecule has 0 spiro atoms. The fraction of sp³-hybridized carbons (Fsp3) is 0.300. The molecule has 0 aromatic heterocycles. The van der Waals surface area contributed by atoms with E-state index in [9.17, 15) is 18.0 Å². The van der Waals surface area contributed by atoms with E-state index in [2.05, 4.69) is 27.7 Å². The Kier molecular flexibility index (Phi) is 8.93. The smallest absolute Gasteiger partial charge is 0.405 e. The number of carbonyl (C=O) groups excluding carboxylic acids is 1. The zero-order valence-corrected chi connectivity index (χ0v) is 21.2. The molecular formula is C30H30F3N3O2. The molecule has 1 saturated heterocycles. The summed E-state index contributed by atoms with van der Waals surface area (Å²) < 4.78 is 42.6. The number of halogens is 3. The Morgan fingerprint density at radius 2 is 1.68 bits per heavy atom. The molecule has 5 nitrogen and oxygen atoms in total. The van der Waals surface area contributed by atoms with Crippen LogP contribution in [0, 0.1) is 11.8 Å². The molecule has 0 unspecified atom stereocenters. The lowest BCUT2D eigenvalue weighted by Crippen LogP contribution is -2.46. The number of benzene rings is 3. The molecule has 0 radical (unpaired) electrons. The van der Waals surface area contributed by atoms with Gasteiger partial charge in [0.1, 0.15) is 12.3 Å². The molecule has 1 aliphatic rings. The Balaban J connectivity index is 1.33. The van der Waals surface area contributed by atoms with Crippen LogP contribution >= 0.6 is 0 Å². The number of rotatable bonds is 7. The number of nitrogens with one attached hydrogen (secondary N) is 1. The first-order valence-electron chi connectivity index (χ1n) is 12.6. The fourth-order valence-corrected chi connectivity index (χ4v) is 4.26. The van der Waals surface area contributed by atoms with Crippen molar-refractivity contribution >= 4 is 11.6 Å². The van der Waals surface area contributed by atoms with Gasteiger partial charge < -0.3 is 15.0 Å². The van der Waals surface area contributed by atoms with Gasteiger partial charge in [0, 0.05) is 55.1 Å². The number of anilines is 1. The topological polar surface area (TPSA) is 44.8 Å². The Morgan fingerprint density at radius 1 is 0.947 bits per heavy atom. The zero-order chi connectivity index (χ0) is 27.0. The quantitative estimate of drug-likeness (QED) is 0.440. The van der Waals surface area contributed by atoms with Crippen LogP contribution < -0.4 is 15.0 Å². The third-order valence-corrected chi connectivity index (χ3v) is 6.21. The molecule has 0 atom stereocenters. The predicted octanol–water partition coefficient (Wildman–Crippen LogP) is 5.10. The van der Waals surface area contributed by atoms with Gasteiger partial charge in [0.05, 0.1) is 6.61 Å². The Labute approximate surface area is 221 Å². The highest BCUT2D eigenvalue weighted by Crippen LogP contribution is 2.20. The van der Waals surface area contributed by atoms with E-state index in [0.29, 0.717) is 6.61 Å². The van der Waals surface area contributed by atoms with Crippen molar-refractivity contribution in [3.05, 3.63) is 95.1 Å². The van der Waals surface area contributed by atoms with Crippen molar-refractivity contribution in [2.24, 2.45) is 0 Å². The number of piperazine rings is 1. The van der Waals surface area contributed by atoms with Gasteiger partial charge in [0.25, 0.3) is 5.91 Å². The number of amides is 1. The van der Waals surface area contributed by atoms with Crippen molar-refractivity contribution in [3.8, 4) is 17.6 Å². The summed E-state index contributed by atoms with van der Waals surface area (Å²) in [5.41, 5.74) is 4.22. The summed E-state index contributed by atoms with van der Waals surface area (Å²) in [7, 11) is 0. The van der Waals surface area contributed by atoms with E-state index < -0.39 is 18.6 Å². The molecule has 3 aromatic carbocycles. The average molecular weight is 522 g/mol. The number of nitrogens with zero attached hydrogens (tertiary/aromatic N) is 2. The van der Waals surface area contributed by atoms with Crippen molar-refractivity contribution in [3.63, 3.8) is 0 Å². The minimum absolute atomic E-state index is 0.207. The summed E-state index contributed by atoms with van der Waals surface area (Å²) >= 11 is 0. The third-order valence-electron chi connectivity index (χ3n) is 6.21. The standard InChI is InChI=1S/C30H30F3N3O2/c1-2-38-28-9-5-6-23(20-28)10-11-24-7-3-4-8-26(24)21-35-16-18-36(19-17-35)27-14-12-25(13-15-27)29(37)34-22-30(31,32)33/h3-9,12-15,20H,2,16-19,21-22H2,1H3,(H,34,37). The number of ether oxygens (including phenoxy) is 1. The van der Waals surface area contributed by atoms with Crippen LogP contribution in [0.15, 0.2) is 72.8 Å². The summed E-state index contributed by atoms with van der Waals surface area (Å²) in [6.45, 7) is 5.33. The average Bonchev–Trinajstić information content (AvgIpc) is 2.92. The second kappa shape index (κ2) is 12.5. The third kappa shape index (κ3) is 7.77. The van der Waals surface area contributed by atoms with Crippen molar-refractivity contribution in [2.75, 3.05) is 44.2 Å². The molecule has 198 valence electrons. The maximum atomic E-state index is 12.3. The van der Waals surface area contributed by atoms with E-state index in [0.717, 1.165) is 55.3 Å². The summed E-state index contributed by atoms with van der Waals surface area (Å²) in [6, 6.07) is 22.6. The molecule has 4 rings (SSSR count). The molecule has 1 heterocycles. The van der Waals surface area contributed by atoms with Crippen LogP contribution in [0.5, 0.6) is 5.75 Å². The summed E-state index contributed by atoms with van der Waals surface area (Å²) in [5, 5.41) is 1.90. The highest BCUT2D eigenvalue weighted by Gasteiger charge is 2.28. The van der Waals surface area contributed by atoms with E-state index >= 15 is 0 Å². The molecule has 8 heteroatoms. The Hall–Kier alpha value is -3.96. The minimum atomic E-state index is -4.43. The van der Waals surface area contributed by atoms with E-state index in [4.69, 9.17) is 4.74 Å². The molecule has 0 bridgehead atoms. The van der Waals surface area contributed by atoms with Gasteiger partial charge in [-0.15, -0.1) is 0 Å². The van der Waals surface area contributed by atoms with Crippen LogP contribution in [0.3, 0.4) is 0 Å². The number of hydrogen-bond acceptors (Lipinski definition) is 4. The van der Waals surface area contributed by atoms with Crippen LogP contribution in [0.2, 0.25) is 0 Å². The first-order valence-corrected chi connectivity index (χ1v) is 12.6. The van der Waals surface area contributed by atoms with Crippen molar-refractivity contribution in [1.82, 2.24) is 10.2 Å². The molecule has 1 aliphatic heterocycles.